The van der Waals surface area contributed by atoms with Gasteiger partial charge in [0.1, 0.15) is 0 Å². The molecule has 0 radical (unpaired) electrons. The summed E-state index contributed by atoms with van der Waals surface area (Å²) in [5.74, 6) is -0.214. The minimum absolute atomic E-state index is 0.205. The average Bonchev–Trinajstić information content (AvgIpc) is 3.10. The zero-order valence-corrected chi connectivity index (χ0v) is 29.4. The predicted octanol–water partition coefficient (Wildman–Crippen LogP) is 7.84. The largest absolute Gasteiger partial charge is 0.356 e. The van der Waals surface area contributed by atoms with Crippen LogP contribution in [0.5, 0.6) is 0 Å². The van der Waals surface area contributed by atoms with E-state index < -0.39 is 30.4 Å². The van der Waals surface area contributed by atoms with Crippen molar-refractivity contribution < 1.29 is 38.9 Å². The molecule has 0 aliphatic rings. The fraction of sp³-hybridized carbons (Fsp3) is 0.0270. The van der Waals surface area contributed by atoms with Gasteiger partial charge in [-0.15, -0.1) is 0 Å². The molecule has 0 atom stereocenters. The lowest BCUT2D eigenvalue weighted by molar-refractivity contribution is 0.481. The molecular weight excluding hydrogens is 727 g/mol. The number of hydrogen-bond donors (Lipinski definition) is 6. The molecule has 0 amide bonds. The van der Waals surface area contributed by atoms with E-state index in [0.717, 1.165) is 33.8 Å². The van der Waals surface area contributed by atoms with Crippen molar-refractivity contribution in [1.82, 2.24) is 0 Å². The first-order valence-corrected chi connectivity index (χ1v) is 19.8. The third kappa shape index (κ3) is 9.02. The van der Waals surface area contributed by atoms with Crippen LogP contribution in [0.1, 0.15) is 22.6 Å². The number of nitrogens with one attached hydrogen (secondary N) is 3. The van der Waals surface area contributed by atoms with Crippen molar-refractivity contribution >= 4 is 64.5 Å². The molecule has 0 saturated heterocycles. The average molecular weight is 758 g/mol. The van der Waals surface area contributed by atoms with Gasteiger partial charge in [-0.3, -0.25) is 13.7 Å². The molecule has 6 rings (SSSR count). The molecule has 0 aliphatic carbocycles. The van der Waals surface area contributed by atoms with Gasteiger partial charge in [0.2, 0.25) is 0 Å². The maximum Gasteiger partial charge on any atom is 0.294 e. The first-order valence-electron chi connectivity index (χ1n) is 15.5. The summed E-state index contributed by atoms with van der Waals surface area (Å²) < 4.78 is 96.2. The predicted molar refractivity (Wildman–Crippen MR) is 199 cm³/mol. The first kappa shape index (κ1) is 36.2. The Morgan fingerprint density at radius 3 is 0.654 bits per heavy atom. The van der Waals surface area contributed by atoms with Crippen LogP contribution in [-0.4, -0.2) is 38.9 Å². The van der Waals surface area contributed by atoms with E-state index in [9.17, 15) is 38.9 Å². The molecule has 0 spiro atoms. The van der Waals surface area contributed by atoms with Gasteiger partial charge in [0.05, 0.1) is 14.7 Å². The van der Waals surface area contributed by atoms with Crippen LogP contribution < -0.4 is 16.0 Å². The van der Waals surface area contributed by atoms with Crippen molar-refractivity contribution in [1.29, 1.82) is 0 Å². The van der Waals surface area contributed by atoms with E-state index in [4.69, 9.17) is 0 Å². The summed E-state index contributed by atoms with van der Waals surface area (Å²) in [5.41, 5.74) is 7.04. The van der Waals surface area contributed by atoms with Crippen LogP contribution >= 0.6 is 0 Å². The van der Waals surface area contributed by atoms with E-state index in [1.165, 1.54) is 36.4 Å². The van der Waals surface area contributed by atoms with Gasteiger partial charge in [0.15, 0.2) is 0 Å². The maximum absolute atomic E-state index is 11.4. The third-order valence-corrected chi connectivity index (χ3v) is 10.7. The second-order valence-electron chi connectivity index (χ2n) is 11.7. The summed E-state index contributed by atoms with van der Waals surface area (Å²) in [6.07, 6.45) is 0. The van der Waals surface area contributed by atoms with Crippen molar-refractivity contribution in [2.75, 3.05) is 16.0 Å². The molecule has 0 fully saturated rings. The Labute approximate surface area is 301 Å². The monoisotopic (exact) mass is 757 g/mol. The zero-order chi connectivity index (χ0) is 37.1. The summed E-state index contributed by atoms with van der Waals surface area (Å²) in [7, 11) is -12.9. The van der Waals surface area contributed by atoms with Gasteiger partial charge in [-0.05, 0) is 126 Å². The lowest BCUT2D eigenvalue weighted by Crippen LogP contribution is -2.04. The van der Waals surface area contributed by atoms with E-state index in [0.29, 0.717) is 17.1 Å². The van der Waals surface area contributed by atoms with Gasteiger partial charge in [0, 0.05) is 40.0 Å². The molecule has 0 aliphatic heterocycles. The molecule has 0 aromatic heterocycles. The molecule has 6 aromatic carbocycles. The van der Waals surface area contributed by atoms with Crippen LogP contribution in [0.15, 0.2) is 160 Å². The summed E-state index contributed by atoms with van der Waals surface area (Å²) >= 11 is 0. The van der Waals surface area contributed by atoms with Gasteiger partial charge < -0.3 is 16.0 Å². The van der Waals surface area contributed by atoms with Crippen molar-refractivity contribution in [2.45, 2.75) is 20.6 Å². The smallest absolute Gasteiger partial charge is 0.294 e. The molecule has 52 heavy (non-hydrogen) atoms. The minimum Gasteiger partial charge on any atom is -0.356 e. The molecule has 0 bridgehead atoms. The van der Waals surface area contributed by atoms with E-state index in [1.54, 1.807) is 36.4 Å². The van der Waals surface area contributed by atoms with Crippen molar-refractivity contribution in [2.24, 2.45) is 0 Å². The molecule has 0 heterocycles. The number of rotatable bonds is 12. The van der Waals surface area contributed by atoms with Gasteiger partial charge in [-0.25, -0.2) is 0 Å². The molecule has 6 aromatic rings. The Morgan fingerprint density at radius 2 is 0.481 bits per heavy atom. The number of hydrogen-bond acceptors (Lipinski definition) is 9. The highest BCUT2D eigenvalue weighted by Gasteiger charge is 2.18. The molecule has 0 saturated carbocycles. The molecule has 0 unspecified atom stereocenters. The first-order chi connectivity index (χ1) is 24.6. The van der Waals surface area contributed by atoms with Crippen LogP contribution in [0.25, 0.3) is 0 Å². The molecule has 266 valence electrons. The van der Waals surface area contributed by atoms with Gasteiger partial charge in [0.25, 0.3) is 30.4 Å². The Kier molecular flexibility index (Phi) is 10.2. The van der Waals surface area contributed by atoms with Crippen molar-refractivity contribution in [3.63, 3.8) is 0 Å². The SMILES string of the molecule is O=S(=O)(O)c1ccc(Nc2ccc(C(c3ccc(Nc4ccc(S(=O)(=O)O)cc4)cc3)c3ccc(Nc4ccc(S(=O)(=O)O)cc4)cc3)cc2)cc1. The van der Waals surface area contributed by atoms with Crippen LogP contribution in [-0.2, 0) is 30.4 Å². The fourth-order valence-corrected chi connectivity index (χ4v) is 6.92. The summed E-state index contributed by atoms with van der Waals surface area (Å²) in [4.78, 5) is -0.614. The standard InChI is InChI=1S/C37H31N3O9S3/c41-50(42,43)34-19-13-31(14-20-34)38-28-7-1-25(2-8-28)37(26-3-9-29(10-4-26)39-32-15-21-35(22-16-32)51(44,45)46)27-5-11-30(12-6-27)40-33-17-23-36(24-18-33)52(47,48)49/h1-24,37-40H,(H,41,42,43)(H,44,45,46)(H,47,48,49). The summed E-state index contributed by atoms with van der Waals surface area (Å²) in [6.45, 7) is 0. The lowest BCUT2D eigenvalue weighted by Gasteiger charge is -2.21. The van der Waals surface area contributed by atoms with E-state index >= 15 is 0 Å². The van der Waals surface area contributed by atoms with E-state index in [2.05, 4.69) is 16.0 Å². The Bertz CT molecular complexity index is 2220. The van der Waals surface area contributed by atoms with Gasteiger partial charge in [-0.1, -0.05) is 36.4 Å². The third-order valence-electron chi connectivity index (χ3n) is 8.05. The lowest BCUT2D eigenvalue weighted by atomic mass is 9.85. The van der Waals surface area contributed by atoms with Gasteiger partial charge >= 0.3 is 0 Å². The molecule has 12 nitrogen and oxygen atoms in total. The second kappa shape index (κ2) is 14.6. The highest BCUT2D eigenvalue weighted by Crippen LogP contribution is 2.35. The number of benzene rings is 6. The Morgan fingerprint density at radius 1 is 0.308 bits per heavy atom. The number of anilines is 6. The summed E-state index contributed by atoms with van der Waals surface area (Å²) in [5, 5.41) is 9.68. The Balaban J connectivity index is 1.26. The van der Waals surface area contributed by atoms with Crippen molar-refractivity contribution in [3.05, 3.63) is 162 Å². The topological polar surface area (TPSA) is 199 Å². The quantitative estimate of drug-likeness (QED) is 0.0523. The molecule has 15 heteroatoms. The molecule has 6 N–H and O–H groups in total. The Hall–Kier alpha value is -5.55. The molecular formula is C37H31N3O9S3. The normalized spacial score (nSPS) is 12.0. The second-order valence-corrected chi connectivity index (χ2v) is 15.9. The zero-order valence-electron chi connectivity index (χ0n) is 26.9. The fourth-order valence-electron chi connectivity index (χ4n) is 5.48. The minimum atomic E-state index is -4.30. The van der Waals surface area contributed by atoms with Crippen molar-refractivity contribution in [3.8, 4) is 0 Å². The maximum atomic E-state index is 11.4. The highest BCUT2D eigenvalue weighted by molar-refractivity contribution is 7.86. The van der Waals surface area contributed by atoms with Crippen LogP contribution in [0.2, 0.25) is 0 Å². The van der Waals surface area contributed by atoms with Crippen LogP contribution in [0.3, 0.4) is 0 Å². The van der Waals surface area contributed by atoms with E-state index in [1.807, 2.05) is 72.8 Å². The van der Waals surface area contributed by atoms with Crippen LogP contribution in [0, 0.1) is 0 Å². The summed E-state index contributed by atoms with van der Waals surface area (Å²) in [6, 6.07) is 40.4. The van der Waals surface area contributed by atoms with Gasteiger partial charge in [-0.2, -0.15) is 25.3 Å². The highest BCUT2D eigenvalue weighted by atomic mass is 32.2. The van der Waals surface area contributed by atoms with E-state index in [-0.39, 0.29) is 20.6 Å². The van der Waals surface area contributed by atoms with Crippen LogP contribution in [0.4, 0.5) is 34.1 Å².